The van der Waals surface area contributed by atoms with Crippen molar-refractivity contribution in [2.75, 3.05) is 6.61 Å². The van der Waals surface area contributed by atoms with Crippen molar-refractivity contribution < 1.29 is 14.3 Å². The Kier molecular flexibility index (Phi) is 11.4. The third kappa shape index (κ3) is 9.10. The summed E-state index contributed by atoms with van der Waals surface area (Å²) in [6, 6.07) is 17.2. The monoisotopic (exact) mass is 488 g/mol. The number of hydrogen-bond acceptors (Lipinski definition) is 5. The van der Waals surface area contributed by atoms with Crippen LogP contribution in [0, 0.1) is 0 Å². The first-order valence-corrected chi connectivity index (χ1v) is 13.4. The van der Waals surface area contributed by atoms with Crippen LogP contribution < -0.4 is 4.74 Å². The fourth-order valence-corrected chi connectivity index (χ4v) is 4.06. The Morgan fingerprint density at radius 2 is 1.36 bits per heavy atom. The Hall–Kier alpha value is -3.21. The van der Waals surface area contributed by atoms with E-state index in [9.17, 15) is 4.79 Å². The average Bonchev–Trinajstić information content (AvgIpc) is 2.90. The van der Waals surface area contributed by atoms with E-state index in [4.69, 9.17) is 9.47 Å². The van der Waals surface area contributed by atoms with E-state index in [0.29, 0.717) is 18.0 Å². The van der Waals surface area contributed by atoms with Gasteiger partial charge in [0.2, 0.25) is 0 Å². The number of nitrogens with zero attached hydrogens (tertiary/aromatic N) is 2. The second-order valence-corrected chi connectivity index (χ2v) is 9.40. The van der Waals surface area contributed by atoms with Gasteiger partial charge in [0.05, 0.1) is 12.4 Å². The lowest BCUT2D eigenvalue weighted by molar-refractivity contribution is -0.149. The van der Waals surface area contributed by atoms with Gasteiger partial charge in [-0.05, 0) is 42.9 Å². The Bertz CT molecular complexity index is 1030. The minimum Gasteiger partial charge on any atom is -0.486 e. The van der Waals surface area contributed by atoms with E-state index in [1.165, 1.54) is 55.2 Å². The third-order valence-corrected chi connectivity index (χ3v) is 6.15. The summed E-state index contributed by atoms with van der Waals surface area (Å²) in [6.45, 7) is 6.29. The van der Waals surface area contributed by atoms with Crippen LogP contribution in [0.4, 0.5) is 0 Å². The lowest BCUT2D eigenvalue weighted by atomic mass is 10.00. The molecule has 0 radical (unpaired) electrons. The van der Waals surface area contributed by atoms with Gasteiger partial charge in [0.1, 0.15) is 12.7 Å². The summed E-state index contributed by atoms with van der Waals surface area (Å²) in [5, 5.41) is 0. The van der Waals surface area contributed by atoms with Crippen LogP contribution in [0.5, 0.6) is 5.75 Å². The van der Waals surface area contributed by atoms with Gasteiger partial charge in [-0.25, -0.2) is 9.97 Å². The van der Waals surface area contributed by atoms with Crippen LogP contribution in [-0.4, -0.2) is 28.6 Å². The molecule has 5 heteroatoms. The van der Waals surface area contributed by atoms with Crippen molar-refractivity contribution in [3.8, 4) is 28.3 Å². The van der Waals surface area contributed by atoms with Gasteiger partial charge >= 0.3 is 5.97 Å². The van der Waals surface area contributed by atoms with Gasteiger partial charge in [0, 0.05) is 12.0 Å². The molecule has 0 fully saturated rings. The molecule has 0 bridgehead atoms. The van der Waals surface area contributed by atoms with E-state index in [-0.39, 0.29) is 18.7 Å². The van der Waals surface area contributed by atoms with E-state index in [1.54, 1.807) is 12.4 Å². The van der Waals surface area contributed by atoms with Crippen molar-refractivity contribution in [2.24, 2.45) is 0 Å². The second-order valence-electron chi connectivity index (χ2n) is 9.40. The molecule has 36 heavy (non-hydrogen) atoms. The molecule has 1 atom stereocenters. The van der Waals surface area contributed by atoms with E-state index in [2.05, 4.69) is 53.3 Å². The fraction of sp³-hybridized carbons (Fsp3) is 0.452. The predicted molar refractivity (Wildman–Crippen MR) is 146 cm³/mol. The van der Waals surface area contributed by atoms with Gasteiger partial charge in [0.15, 0.2) is 11.6 Å². The van der Waals surface area contributed by atoms with Crippen molar-refractivity contribution in [2.45, 2.75) is 84.7 Å². The maximum absolute atomic E-state index is 11.6. The zero-order valence-electron chi connectivity index (χ0n) is 22.0. The van der Waals surface area contributed by atoms with Crippen molar-refractivity contribution in [3.63, 3.8) is 0 Å². The topological polar surface area (TPSA) is 61.3 Å². The molecule has 0 saturated carbocycles. The molecule has 0 spiro atoms. The Morgan fingerprint density at radius 3 is 2.00 bits per heavy atom. The maximum Gasteiger partial charge on any atom is 0.306 e. The quantitative estimate of drug-likeness (QED) is 0.161. The van der Waals surface area contributed by atoms with Gasteiger partial charge in [-0.1, -0.05) is 94.5 Å². The highest BCUT2D eigenvalue weighted by Crippen LogP contribution is 2.24. The SMILES string of the molecule is CCCCCCCCc1ccc(-c2ccc(-c3ncc(OC[C@@H](C)OC(=O)CCC)cn3)cc2)cc1. The number of unbranched alkanes of at least 4 members (excludes halogenated alkanes) is 5. The van der Waals surface area contributed by atoms with Gasteiger partial charge in [-0.3, -0.25) is 4.79 Å². The first kappa shape index (κ1) is 27.4. The highest BCUT2D eigenvalue weighted by molar-refractivity contribution is 5.69. The van der Waals surface area contributed by atoms with Gasteiger partial charge in [-0.2, -0.15) is 0 Å². The van der Waals surface area contributed by atoms with Crippen molar-refractivity contribution in [1.29, 1.82) is 0 Å². The van der Waals surface area contributed by atoms with E-state index in [0.717, 1.165) is 18.4 Å². The number of carbonyl (C=O) groups excluding carboxylic acids is 1. The zero-order chi connectivity index (χ0) is 25.6. The summed E-state index contributed by atoms with van der Waals surface area (Å²) >= 11 is 0. The summed E-state index contributed by atoms with van der Waals surface area (Å²) in [5.74, 6) is 0.994. The number of aromatic nitrogens is 2. The molecule has 5 nitrogen and oxygen atoms in total. The average molecular weight is 489 g/mol. The number of benzene rings is 2. The predicted octanol–water partition coefficient (Wildman–Crippen LogP) is 7.82. The standard InChI is InChI=1S/C31H40N2O3/c1-4-6-7-8-9-10-12-25-13-15-26(16-14-25)27-17-19-28(20-18-27)31-32-21-29(22-33-31)35-23-24(3)36-30(34)11-5-2/h13-22,24H,4-12,23H2,1-3H3/t24-/m1/s1. The molecule has 0 aliphatic carbocycles. The van der Waals surface area contributed by atoms with Crippen molar-refractivity contribution >= 4 is 5.97 Å². The Morgan fingerprint density at radius 1 is 0.778 bits per heavy atom. The largest absolute Gasteiger partial charge is 0.486 e. The van der Waals surface area contributed by atoms with Gasteiger partial charge in [0.25, 0.3) is 0 Å². The lowest BCUT2D eigenvalue weighted by Crippen LogP contribution is -2.21. The molecule has 0 aliphatic rings. The summed E-state index contributed by atoms with van der Waals surface area (Å²) in [7, 11) is 0. The van der Waals surface area contributed by atoms with Crippen molar-refractivity contribution in [3.05, 3.63) is 66.5 Å². The second kappa shape index (κ2) is 15.0. The number of aryl methyl sites for hydroxylation is 1. The minimum atomic E-state index is -0.319. The number of esters is 1. The fourth-order valence-electron chi connectivity index (χ4n) is 4.06. The Labute approximate surface area is 216 Å². The zero-order valence-corrected chi connectivity index (χ0v) is 22.0. The molecular formula is C31H40N2O3. The first-order valence-electron chi connectivity index (χ1n) is 13.4. The van der Waals surface area contributed by atoms with Crippen LogP contribution in [0.3, 0.4) is 0 Å². The van der Waals surface area contributed by atoms with Crippen LogP contribution in [-0.2, 0) is 16.0 Å². The molecule has 0 aliphatic heterocycles. The molecular weight excluding hydrogens is 448 g/mol. The van der Waals surface area contributed by atoms with Crippen molar-refractivity contribution in [1.82, 2.24) is 9.97 Å². The normalized spacial score (nSPS) is 11.8. The molecule has 3 rings (SSSR count). The first-order chi connectivity index (χ1) is 17.6. The molecule has 1 aromatic heterocycles. The smallest absolute Gasteiger partial charge is 0.306 e. The molecule has 192 valence electrons. The summed E-state index contributed by atoms with van der Waals surface area (Å²) in [4.78, 5) is 20.4. The molecule has 0 saturated heterocycles. The number of rotatable bonds is 15. The molecule has 0 amide bonds. The number of carbonyl (C=O) groups is 1. The summed E-state index contributed by atoms with van der Waals surface area (Å²) < 4.78 is 11.0. The molecule has 3 aromatic rings. The van der Waals surface area contributed by atoms with Crippen LogP contribution in [0.25, 0.3) is 22.5 Å². The Balaban J connectivity index is 1.48. The third-order valence-electron chi connectivity index (χ3n) is 6.15. The van der Waals surface area contributed by atoms with Gasteiger partial charge in [-0.15, -0.1) is 0 Å². The molecule has 0 N–H and O–H groups in total. The maximum atomic E-state index is 11.6. The van der Waals surface area contributed by atoms with Gasteiger partial charge < -0.3 is 9.47 Å². The van der Waals surface area contributed by atoms with E-state index in [1.807, 2.05) is 26.0 Å². The van der Waals surface area contributed by atoms with Crippen LogP contribution in [0.2, 0.25) is 0 Å². The molecule has 2 aromatic carbocycles. The van der Waals surface area contributed by atoms with E-state index >= 15 is 0 Å². The lowest BCUT2D eigenvalue weighted by Gasteiger charge is -2.14. The molecule has 1 heterocycles. The van der Waals surface area contributed by atoms with Crippen LogP contribution in [0.1, 0.15) is 77.7 Å². The highest BCUT2D eigenvalue weighted by Gasteiger charge is 2.10. The highest BCUT2D eigenvalue weighted by atomic mass is 16.6. The summed E-state index contributed by atoms with van der Waals surface area (Å²) in [5.41, 5.74) is 4.75. The molecule has 0 unspecified atom stereocenters. The van der Waals surface area contributed by atoms with Crippen LogP contribution >= 0.6 is 0 Å². The van der Waals surface area contributed by atoms with Crippen LogP contribution in [0.15, 0.2) is 60.9 Å². The van der Waals surface area contributed by atoms with E-state index < -0.39 is 0 Å². The minimum absolute atomic E-state index is 0.201. The summed E-state index contributed by atoms with van der Waals surface area (Å²) in [6.07, 6.45) is 13.3. The number of hydrogen-bond donors (Lipinski definition) is 0. The number of ether oxygens (including phenoxy) is 2.